The second-order valence-corrected chi connectivity index (χ2v) is 12.1. The lowest BCUT2D eigenvalue weighted by Gasteiger charge is -2.28. The van der Waals surface area contributed by atoms with Gasteiger partial charge < -0.3 is 4.90 Å². The third kappa shape index (κ3) is 4.64. The highest BCUT2D eigenvalue weighted by Crippen LogP contribution is 2.44. The summed E-state index contributed by atoms with van der Waals surface area (Å²) in [7, 11) is 0. The van der Waals surface area contributed by atoms with E-state index in [0.717, 1.165) is 17.1 Å². The molecule has 0 aliphatic heterocycles. The van der Waals surface area contributed by atoms with Crippen LogP contribution in [0.25, 0.3) is 65.3 Å². The number of nitrogens with zero attached hydrogens (tertiary/aromatic N) is 1. The number of benzene rings is 9. The fraction of sp³-hybridized carbons (Fsp3) is 0. The van der Waals surface area contributed by atoms with Crippen molar-refractivity contribution >= 4 is 60.2 Å². The van der Waals surface area contributed by atoms with Crippen LogP contribution < -0.4 is 4.90 Å². The van der Waals surface area contributed by atoms with E-state index < -0.39 is 0 Å². The highest BCUT2D eigenvalue weighted by molar-refractivity contribution is 6.25. The zero-order chi connectivity index (χ0) is 31.2. The molecule has 0 saturated carbocycles. The molecule has 9 rings (SSSR count). The van der Waals surface area contributed by atoms with Gasteiger partial charge in [0.05, 0.1) is 5.69 Å². The van der Waals surface area contributed by atoms with Gasteiger partial charge in [0.1, 0.15) is 0 Å². The molecule has 0 atom stereocenters. The Balaban J connectivity index is 1.26. The fourth-order valence-corrected chi connectivity index (χ4v) is 7.28. The Hall–Kier alpha value is -6.18. The minimum atomic E-state index is 1.12. The molecular formula is C46H31N. The molecule has 0 radical (unpaired) electrons. The predicted molar refractivity (Wildman–Crippen MR) is 202 cm³/mol. The second-order valence-electron chi connectivity index (χ2n) is 12.1. The SMILES string of the molecule is c1ccc(N(c2ccc3c4ccccc4c4ccccc4c3c2)c2ccccc2-c2cccc(-c3cccc4ccccc34)c2)cc1. The maximum atomic E-state index is 2.41. The first-order valence-corrected chi connectivity index (χ1v) is 16.2. The van der Waals surface area contributed by atoms with Gasteiger partial charge in [0, 0.05) is 16.9 Å². The number of hydrogen-bond acceptors (Lipinski definition) is 1. The molecule has 0 aromatic heterocycles. The van der Waals surface area contributed by atoms with Gasteiger partial charge in [-0.1, -0.05) is 152 Å². The summed E-state index contributed by atoms with van der Waals surface area (Å²) < 4.78 is 0. The summed E-state index contributed by atoms with van der Waals surface area (Å²) in [5.74, 6) is 0. The van der Waals surface area contributed by atoms with E-state index in [4.69, 9.17) is 0 Å². The average molecular weight is 598 g/mol. The van der Waals surface area contributed by atoms with Gasteiger partial charge in [-0.25, -0.2) is 0 Å². The smallest absolute Gasteiger partial charge is 0.0540 e. The van der Waals surface area contributed by atoms with E-state index >= 15 is 0 Å². The average Bonchev–Trinajstić information content (AvgIpc) is 3.15. The van der Waals surface area contributed by atoms with Gasteiger partial charge in [0.25, 0.3) is 0 Å². The van der Waals surface area contributed by atoms with E-state index in [0.29, 0.717) is 0 Å². The fourth-order valence-electron chi connectivity index (χ4n) is 7.28. The van der Waals surface area contributed by atoms with E-state index in [1.807, 2.05) is 0 Å². The molecular weight excluding hydrogens is 567 g/mol. The van der Waals surface area contributed by atoms with Crippen LogP contribution in [-0.4, -0.2) is 0 Å². The van der Waals surface area contributed by atoms with Crippen molar-refractivity contribution in [1.29, 1.82) is 0 Å². The summed E-state index contributed by atoms with van der Waals surface area (Å²) in [5, 5.41) is 10.2. The van der Waals surface area contributed by atoms with Crippen LogP contribution in [0.5, 0.6) is 0 Å². The zero-order valence-corrected chi connectivity index (χ0v) is 25.8. The van der Waals surface area contributed by atoms with Crippen molar-refractivity contribution < 1.29 is 0 Å². The molecule has 220 valence electrons. The Kier molecular flexibility index (Phi) is 6.54. The highest BCUT2D eigenvalue weighted by atomic mass is 15.1. The lowest BCUT2D eigenvalue weighted by molar-refractivity contribution is 1.29. The molecule has 9 aromatic carbocycles. The summed E-state index contributed by atoms with van der Waals surface area (Å²) in [6.45, 7) is 0. The topological polar surface area (TPSA) is 3.24 Å². The number of anilines is 3. The van der Waals surface area contributed by atoms with Crippen molar-refractivity contribution in [2.45, 2.75) is 0 Å². The zero-order valence-electron chi connectivity index (χ0n) is 25.8. The van der Waals surface area contributed by atoms with Gasteiger partial charge in [-0.15, -0.1) is 0 Å². The molecule has 0 N–H and O–H groups in total. The van der Waals surface area contributed by atoms with Crippen molar-refractivity contribution in [3.8, 4) is 22.3 Å². The van der Waals surface area contributed by atoms with Crippen LogP contribution in [0.1, 0.15) is 0 Å². The van der Waals surface area contributed by atoms with E-state index in [1.54, 1.807) is 0 Å². The molecule has 0 amide bonds. The Labute approximate surface area is 274 Å². The number of para-hydroxylation sites is 2. The van der Waals surface area contributed by atoms with Crippen molar-refractivity contribution in [2.24, 2.45) is 0 Å². The van der Waals surface area contributed by atoms with Crippen molar-refractivity contribution in [1.82, 2.24) is 0 Å². The standard InChI is InChI=1S/C46H31N/c1-2-18-35(19-3-1)47(36-28-29-44-42-24-7-6-22-40(42)41-23-8-9-25-43(41)45(44)31-36)46-27-11-10-21-39(46)34-17-12-16-33(30-34)38-26-13-15-32-14-4-5-20-37(32)38/h1-31H. The molecule has 0 aliphatic carbocycles. The molecule has 1 nitrogen and oxygen atoms in total. The van der Waals surface area contributed by atoms with Crippen LogP contribution >= 0.6 is 0 Å². The molecule has 0 spiro atoms. The van der Waals surface area contributed by atoms with E-state index in [9.17, 15) is 0 Å². The largest absolute Gasteiger partial charge is 0.310 e. The Morgan fingerprint density at radius 3 is 1.53 bits per heavy atom. The molecule has 1 heteroatoms. The molecule has 0 saturated heterocycles. The summed E-state index contributed by atoms with van der Waals surface area (Å²) in [6, 6.07) is 68.2. The predicted octanol–water partition coefficient (Wildman–Crippen LogP) is 13.1. The van der Waals surface area contributed by atoms with Crippen LogP contribution in [0.4, 0.5) is 17.1 Å². The quantitative estimate of drug-likeness (QED) is 0.178. The summed E-state index contributed by atoms with van der Waals surface area (Å²) in [6.07, 6.45) is 0. The normalized spacial score (nSPS) is 11.4. The first-order chi connectivity index (χ1) is 23.3. The molecule has 0 aliphatic rings. The molecule has 0 heterocycles. The minimum absolute atomic E-state index is 1.12. The third-order valence-electron chi connectivity index (χ3n) is 9.42. The second kappa shape index (κ2) is 11.3. The molecule has 9 aromatic rings. The van der Waals surface area contributed by atoms with Gasteiger partial charge in [-0.05, 0) is 96.2 Å². The van der Waals surface area contributed by atoms with E-state index in [2.05, 4.69) is 193 Å². The molecule has 0 bridgehead atoms. The van der Waals surface area contributed by atoms with E-state index in [1.165, 1.54) is 65.3 Å². The van der Waals surface area contributed by atoms with Crippen LogP contribution in [0.3, 0.4) is 0 Å². The van der Waals surface area contributed by atoms with Crippen molar-refractivity contribution in [3.05, 3.63) is 188 Å². The highest BCUT2D eigenvalue weighted by Gasteiger charge is 2.19. The lowest BCUT2D eigenvalue weighted by atomic mass is 9.93. The summed E-state index contributed by atoms with van der Waals surface area (Å²) >= 11 is 0. The first kappa shape index (κ1) is 27.2. The Bertz CT molecular complexity index is 2540. The summed E-state index contributed by atoms with van der Waals surface area (Å²) in [5.41, 5.74) is 8.21. The molecule has 0 unspecified atom stereocenters. The van der Waals surface area contributed by atoms with Gasteiger partial charge in [-0.2, -0.15) is 0 Å². The van der Waals surface area contributed by atoms with Crippen LogP contribution in [0, 0.1) is 0 Å². The first-order valence-electron chi connectivity index (χ1n) is 16.2. The van der Waals surface area contributed by atoms with Gasteiger partial charge >= 0.3 is 0 Å². The molecule has 0 fully saturated rings. The van der Waals surface area contributed by atoms with E-state index in [-0.39, 0.29) is 0 Å². The number of hydrogen-bond donors (Lipinski definition) is 0. The Morgan fingerprint density at radius 2 is 0.787 bits per heavy atom. The van der Waals surface area contributed by atoms with Crippen LogP contribution in [0.2, 0.25) is 0 Å². The van der Waals surface area contributed by atoms with Crippen molar-refractivity contribution in [2.75, 3.05) is 4.90 Å². The van der Waals surface area contributed by atoms with Crippen LogP contribution in [-0.2, 0) is 0 Å². The van der Waals surface area contributed by atoms with Gasteiger partial charge in [0.15, 0.2) is 0 Å². The maximum absolute atomic E-state index is 2.41. The van der Waals surface area contributed by atoms with Crippen molar-refractivity contribution in [3.63, 3.8) is 0 Å². The monoisotopic (exact) mass is 597 g/mol. The Morgan fingerprint density at radius 1 is 0.277 bits per heavy atom. The lowest BCUT2D eigenvalue weighted by Crippen LogP contribution is -2.11. The van der Waals surface area contributed by atoms with Gasteiger partial charge in [0.2, 0.25) is 0 Å². The minimum Gasteiger partial charge on any atom is -0.310 e. The van der Waals surface area contributed by atoms with Crippen LogP contribution in [0.15, 0.2) is 188 Å². The van der Waals surface area contributed by atoms with Gasteiger partial charge in [-0.3, -0.25) is 0 Å². The number of rotatable bonds is 5. The molecule has 47 heavy (non-hydrogen) atoms. The third-order valence-corrected chi connectivity index (χ3v) is 9.42. The maximum Gasteiger partial charge on any atom is 0.0540 e. The summed E-state index contributed by atoms with van der Waals surface area (Å²) in [4.78, 5) is 2.41. The number of fused-ring (bicyclic) bond motifs is 7.